The zero-order valence-electron chi connectivity index (χ0n) is 13.5. The second-order valence-electron chi connectivity index (χ2n) is 5.63. The monoisotopic (exact) mass is 362 g/mol. The van der Waals surface area contributed by atoms with Crippen LogP contribution in [-0.2, 0) is 0 Å². The Kier molecular flexibility index (Phi) is 3.98. The molecule has 4 N–H and O–H groups in total. The van der Waals surface area contributed by atoms with Crippen molar-refractivity contribution in [3.63, 3.8) is 0 Å². The molecular formula is C19H14N4O2S. The molecule has 4 aromatic rings. The Morgan fingerprint density at radius 1 is 1.15 bits per heavy atom. The Morgan fingerprint density at radius 2 is 2.04 bits per heavy atom. The molecule has 0 aliphatic carbocycles. The van der Waals surface area contributed by atoms with Gasteiger partial charge in [0.05, 0.1) is 16.8 Å². The summed E-state index contributed by atoms with van der Waals surface area (Å²) in [6.45, 7) is 0. The maximum atomic E-state index is 11.4. The Bertz CT molecular complexity index is 1120. The number of carbonyl (C=O) groups is 1. The van der Waals surface area contributed by atoms with Gasteiger partial charge in [-0.2, -0.15) is 0 Å². The fraction of sp³-hybridized carbons (Fsp3) is 0. The maximum Gasteiger partial charge on any atom is 0.252 e. The standard InChI is InChI=1S/C19H14N4O2S/c20-18(25)13-9-11(6-7-17(13)24)16-10-26-19(23-16)22-15-5-1-4-14-12(15)3-2-8-21-14/h1-10,24H,(H2,20,25)(H,22,23). The van der Waals surface area contributed by atoms with Gasteiger partial charge in [0.25, 0.3) is 5.91 Å². The first kappa shape index (κ1) is 16.0. The summed E-state index contributed by atoms with van der Waals surface area (Å²) in [5, 5.41) is 16.6. The van der Waals surface area contributed by atoms with Crippen molar-refractivity contribution >= 4 is 39.0 Å². The number of nitrogens with zero attached hydrogens (tertiary/aromatic N) is 2. The molecule has 4 rings (SSSR count). The molecule has 0 unspecified atom stereocenters. The van der Waals surface area contributed by atoms with Crippen LogP contribution in [0.3, 0.4) is 0 Å². The van der Waals surface area contributed by atoms with Crippen LogP contribution in [0.15, 0.2) is 60.1 Å². The van der Waals surface area contributed by atoms with E-state index in [1.165, 1.54) is 17.4 Å². The Morgan fingerprint density at radius 3 is 2.88 bits per heavy atom. The molecule has 0 spiro atoms. The predicted octanol–water partition coefficient (Wildman–Crippen LogP) is 3.91. The van der Waals surface area contributed by atoms with Gasteiger partial charge in [-0.3, -0.25) is 9.78 Å². The molecule has 2 aromatic carbocycles. The van der Waals surface area contributed by atoms with Crippen LogP contribution in [0.4, 0.5) is 10.8 Å². The van der Waals surface area contributed by atoms with Gasteiger partial charge in [0.15, 0.2) is 5.13 Å². The molecule has 0 aliphatic heterocycles. The van der Waals surface area contributed by atoms with Crippen LogP contribution in [0.2, 0.25) is 0 Å². The van der Waals surface area contributed by atoms with E-state index in [1.54, 1.807) is 18.3 Å². The lowest BCUT2D eigenvalue weighted by Gasteiger charge is -2.06. The topological polar surface area (TPSA) is 101 Å². The molecule has 7 heteroatoms. The van der Waals surface area contributed by atoms with Crippen molar-refractivity contribution in [2.45, 2.75) is 0 Å². The molecule has 0 radical (unpaired) electrons. The van der Waals surface area contributed by atoms with Gasteiger partial charge in [-0.15, -0.1) is 11.3 Å². The van der Waals surface area contributed by atoms with Crippen molar-refractivity contribution in [1.29, 1.82) is 0 Å². The third-order valence-electron chi connectivity index (χ3n) is 3.95. The molecule has 0 saturated heterocycles. The number of benzene rings is 2. The number of amides is 1. The fourth-order valence-corrected chi connectivity index (χ4v) is 3.42. The van der Waals surface area contributed by atoms with E-state index in [1.807, 2.05) is 35.7 Å². The second kappa shape index (κ2) is 6.45. The average molecular weight is 362 g/mol. The number of rotatable bonds is 4. The van der Waals surface area contributed by atoms with E-state index in [-0.39, 0.29) is 11.3 Å². The van der Waals surface area contributed by atoms with Crippen LogP contribution < -0.4 is 11.1 Å². The number of thiazole rings is 1. The van der Waals surface area contributed by atoms with E-state index >= 15 is 0 Å². The van der Waals surface area contributed by atoms with Crippen molar-refractivity contribution in [2.75, 3.05) is 5.32 Å². The van der Waals surface area contributed by atoms with Crippen LogP contribution in [0, 0.1) is 0 Å². The van der Waals surface area contributed by atoms with Crippen LogP contribution in [0.5, 0.6) is 5.75 Å². The smallest absolute Gasteiger partial charge is 0.252 e. The summed E-state index contributed by atoms with van der Waals surface area (Å²) in [5.41, 5.74) is 8.58. The second-order valence-corrected chi connectivity index (χ2v) is 6.49. The molecule has 0 bridgehead atoms. The minimum atomic E-state index is -0.679. The van der Waals surface area contributed by atoms with Gasteiger partial charge < -0.3 is 16.2 Å². The van der Waals surface area contributed by atoms with Gasteiger partial charge in [-0.25, -0.2) is 4.98 Å². The van der Waals surface area contributed by atoms with E-state index in [9.17, 15) is 9.90 Å². The lowest BCUT2D eigenvalue weighted by molar-refractivity contribution is 0.0998. The SMILES string of the molecule is NC(=O)c1cc(-c2csc(Nc3cccc4ncccc34)n2)ccc1O. The van der Waals surface area contributed by atoms with E-state index in [0.717, 1.165) is 16.6 Å². The first-order chi connectivity index (χ1) is 12.6. The first-order valence-electron chi connectivity index (χ1n) is 7.81. The number of phenols is 1. The summed E-state index contributed by atoms with van der Waals surface area (Å²) in [7, 11) is 0. The van der Waals surface area contributed by atoms with Gasteiger partial charge in [-0.1, -0.05) is 6.07 Å². The van der Waals surface area contributed by atoms with Gasteiger partial charge in [0.2, 0.25) is 0 Å². The van der Waals surface area contributed by atoms with Crippen molar-refractivity contribution in [3.8, 4) is 17.0 Å². The Labute approximate surface area is 153 Å². The predicted molar refractivity (Wildman–Crippen MR) is 103 cm³/mol. The fourth-order valence-electron chi connectivity index (χ4n) is 2.68. The van der Waals surface area contributed by atoms with Crippen LogP contribution in [-0.4, -0.2) is 21.0 Å². The number of anilines is 2. The number of primary amides is 1. The molecule has 0 saturated carbocycles. The van der Waals surface area contributed by atoms with Gasteiger partial charge >= 0.3 is 0 Å². The van der Waals surface area contributed by atoms with Crippen LogP contribution in [0.25, 0.3) is 22.2 Å². The highest BCUT2D eigenvalue weighted by molar-refractivity contribution is 7.14. The highest BCUT2D eigenvalue weighted by Crippen LogP contribution is 2.31. The first-order valence-corrected chi connectivity index (χ1v) is 8.69. The molecule has 0 fully saturated rings. The van der Waals surface area contributed by atoms with Gasteiger partial charge in [0, 0.05) is 28.2 Å². The van der Waals surface area contributed by atoms with E-state index in [0.29, 0.717) is 16.4 Å². The number of carbonyl (C=O) groups excluding carboxylic acids is 1. The third-order valence-corrected chi connectivity index (χ3v) is 4.71. The minimum Gasteiger partial charge on any atom is -0.507 e. The number of hydrogen-bond donors (Lipinski definition) is 3. The molecule has 1 amide bonds. The number of aromatic hydroxyl groups is 1. The van der Waals surface area contributed by atoms with Crippen molar-refractivity contribution in [2.24, 2.45) is 5.73 Å². The number of nitrogens with one attached hydrogen (secondary N) is 1. The van der Waals surface area contributed by atoms with Crippen LogP contribution in [0.1, 0.15) is 10.4 Å². The van der Waals surface area contributed by atoms with Gasteiger partial charge in [-0.05, 0) is 42.5 Å². The zero-order chi connectivity index (χ0) is 18.1. The highest BCUT2D eigenvalue weighted by atomic mass is 32.1. The largest absolute Gasteiger partial charge is 0.507 e. The lowest BCUT2D eigenvalue weighted by Crippen LogP contribution is -2.11. The number of nitrogens with two attached hydrogens (primary N) is 1. The number of pyridine rings is 1. The lowest BCUT2D eigenvalue weighted by atomic mass is 10.1. The van der Waals surface area contributed by atoms with Crippen LogP contribution >= 0.6 is 11.3 Å². The summed E-state index contributed by atoms with van der Waals surface area (Å²) in [5.74, 6) is -0.820. The quantitative estimate of drug-likeness (QED) is 0.511. The van der Waals surface area contributed by atoms with E-state index in [4.69, 9.17) is 5.73 Å². The molecular weight excluding hydrogens is 348 g/mol. The van der Waals surface area contributed by atoms with E-state index < -0.39 is 5.91 Å². The average Bonchev–Trinajstić information content (AvgIpc) is 3.11. The number of fused-ring (bicyclic) bond motifs is 1. The summed E-state index contributed by atoms with van der Waals surface area (Å²) >= 11 is 1.44. The van der Waals surface area contributed by atoms with E-state index in [2.05, 4.69) is 15.3 Å². The summed E-state index contributed by atoms with van der Waals surface area (Å²) < 4.78 is 0. The minimum absolute atomic E-state index is 0.0742. The molecule has 128 valence electrons. The molecule has 0 atom stereocenters. The van der Waals surface area contributed by atoms with Crippen molar-refractivity contribution < 1.29 is 9.90 Å². The zero-order valence-corrected chi connectivity index (χ0v) is 14.3. The Balaban J connectivity index is 1.66. The third kappa shape index (κ3) is 2.96. The normalized spacial score (nSPS) is 10.8. The summed E-state index contributed by atoms with van der Waals surface area (Å²) in [6.07, 6.45) is 1.76. The highest BCUT2D eigenvalue weighted by Gasteiger charge is 2.12. The Hall–Kier alpha value is -3.45. The number of aromatic nitrogens is 2. The molecule has 2 aromatic heterocycles. The number of hydrogen-bond acceptors (Lipinski definition) is 6. The summed E-state index contributed by atoms with van der Waals surface area (Å²) in [4.78, 5) is 20.3. The van der Waals surface area contributed by atoms with Gasteiger partial charge in [0.1, 0.15) is 5.75 Å². The molecule has 0 aliphatic rings. The molecule has 26 heavy (non-hydrogen) atoms. The molecule has 2 heterocycles. The van der Waals surface area contributed by atoms with Crippen molar-refractivity contribution in [1.82, 2.24) is 9.97 Å². The van der Waals surface area contributed by atoms with Crippen molar-refractivity contribution in [3.05, 3.63) is 65.7 Å². The maximum absolute atomic E-state index is 11.4. The molecule has 6 nitrogen and oxygen atoms in total. The summed E-state index contributed by atoms with van der Waals surface area (Å²) in [6, 6.07) is 14.4.